The Hall–Kier alpha value is -2.47. The molecule has 0 bridgehead atoms. The van der Waals surface area contributed by atoms with Crippen molar-refractivity contribution in [3.05, 3.63) is 47.9 Å². The molecule has 0 saturated heterocycles. The van der Waals surface area contributed by atoms with E-state index in [1.807, 2.05) is 0 Å². The van der Waals surface area contributed by atoms with E-state index in [0.29, 0.717) is 35.6 Å². The lowest BCUT2D eigenvalue weighted by Crippen LogP contribution is -2.25. The second kappa shape index (κ2) is 7.51. The summed E-state index contributed by atoms with van der Waals surface area (Å²) in [5.74, 6) is 0.823. The van der Waals surface area contributed by atoms with Crippen LogP contribution in [-0.2, 0) is 0 Å². The van der Waals surface area contributed by atoms with Crippen molar-refractivity contribution in [2.75, 3.05) is 20.8 Å². The summed E-state index contributed by atoms with van der Waals surface area (Å²) in [5.41, 5.74) is 1.16. The van der Waals surface area contributed by atoms with Gasteiger partial charge >= 0.3 is 0 Å². The van der Waals surface area contributed by atoms with Crippen molar-refractivity contribution in [1.82, 2.24) is 5.32 Å². The predicted molar refractivity (Wildman–Crippen MR) is 80.2 cm³/mol. The van der Waals surface area contributed by atoms with Gasteiger partial charge < -0.3 is 24.3 Å². The lowest BCUT2D eigenvalue weighted by molar-refractivity contribution is 0.0942. The topological polar surface area (TPSA) is 80.9 Å². The largest absolute Gasteiger partial charge is 0.493 e. The quantitative estimate of drug-likeness (QED) is 0.819. The Morgan fingerprint density at radius 1 is 1.27 bits per heavy atom. The van der Waals surface area contributed by atoms with Crippen LogP contribution in [0.15, 0.2) is 41.2 Å². The molecule has 1 aromatic carbocycles. The second-order valence-corrected chi connectivity index (χ2v) is 4.69. The normalized spacial score (nSPS) is 11.8. The summed E-state index contributed by atoms with van der Waals surface area (Å²) in [5, 5.41) is 12.7. The van der Waals surface area contributed by atoms with E-state index in [2.05, 4.69) is 5.32 Å². The third-order valence-corrected chi connectivity index (χ3v) is 3.28. The van der Waals surface area contributed by atoms with Gasteiger partial charge in [-0.15, -0.1) is 0 Å². The molecule has 0 radical (unpaired) electrons. The van der Waals surface area contributed by atoms with Crippen molar-refractivity contribution in [3.8, 4) is 11.5 Å². The molecule has 6 heteroatoms. The minimum Gasteiger partial charge on any atom is -0.493 e. The number of rotatable bonds is 7. The fraction of sp³-hybridized carbons (Fsp3) is 0.312. The Bertz CT molecular complexity index is 609. The van der Waals surface area contributed by atoms with E-state index < -0.39 is 6.10 Å². The maximum absolute atomic E-state index is 12.1. The first-order chi connectivity index (χ1) is 10.7. The lowest BCUT2D eigenvalue weighted by atomic mass is 10.1. The van der Waals surface area contributed by atoms with E-state index in [1.165, 1.54) is 26.7 Å². The van der Waals surface area contributed by atoms with Gasteiger partial charge in [-0.3, -0.25) is 4.79 Å². The first kappa shape index (κ1) is 15.9. The maximum Gasteiger partial charge on any atom is 0.251 e. The second-order valence-electron chi connectivity index (χ2n) is 4.69. The van der Waals surface area contributed by atoms with Crippen LogP contribution in [-0.4, -0.2) is 31.8 Å². The average molecular weight is 305 g/mol. The number of aliphatic hydroxyl groups excluding tert-OH is 1. The highest BCUT2D eigenvalue weighted by Gasteiger charge is 2.12. The highest BCUT2D eigenvalue weighted by Crippen LogP contribution is 2.27. The summed E-state index contributed by atoms with van der Waals surface area (Å²) in [4.78, 5) is 12.1. The van der Waals surface area contributed by atoms with Gasteiger partial charge in [0.05, 0.1) is 32.8 Å². The van der Waals surface area contributed by atoms with Gasteiger partial charge in [0.1, 0.15) is 0 Å². The molecule has 1 heterocycles. The van der Waals surface area contributed by atoms with Crippen molar-refractivity contribution in [1.29, 1.82) is 0 Å². The Balaban J connectivity index is 1.89. The molecule has 0 aliphatic heterocycles. The molecular weight excluding hydrogens is 286 g/mol. The van der Waals surface area contributed by atoms with Crippen LogP contribution in [0.1, 0.15) is 28.4 Å². The van der Waals surface area contributed by atoms with Crippen LogP contribution < -0.4 is 14.8 Å². The third-order valence-electron chi connectivity index (χ3n) is 3.28. The Morgan fingerprint density at radius 3 is 2.68 bits per heavy atom. The number of ether oxygens (including phenoxy) is 2. The van der Waals surface area contributed by atoms with Gasteiger partial charge in [0, 0.05) is 17.7 Å². The molecule has 0 fully saturated rings. The smallest absolute Gasteiger partial charge is 0.251 e. The zero-order chi connectivity index (χ0) is 15.9. The van der Waals surface area contributed by atoms with Gasteiger partial charge in [0.25, 0.3) is 5.91 Å². The van der Waals surface area contributed by atoms with E-state index >= 15 is 0 Å². The maximum atomic E-state index is 12.1. The fourth-order valence-electron chi connectivity index (χ4n) is 2.03. The van der Waals surface area contributed by atoms with Crippen LogP contribution >= 0.6 is 0 Å². The number of amides is 1. The number of methoxy groups -OCH3 is 2. The van der Waals surface area contributed by atoms with E-state index in [0.717, 1.165) is 0 Å². The van der Waals surface area contributed by atoms with Crippen LogP contribution in [0.5, 0.6) is 11.5 Å². The zero-order valence-electron chi connectivity index (χ0n) is 12.5. The van der Waals surface area contributed by atoms with E-state index in [9.17, 15) is 9.90 Å². The summed E-state index contributed by atoms with van der Waals surface area (Å²) >= 11 is 0. The highest BCUT2D eigenvalue weighted by atomic mass is 16.5. The zero-order valence-corrected chi connectivity index (χ0v) is 12.5. The Kier molecular flexibility index (Phi) is 5.43. The summed E-state index contributed by atoms with van der Waals surface area (Å²) in [6.07, 6.45) is 2.73. The van der Waals surface area contributed by atoms with Gasteiger partial charge in [-0.1, -0.05) is 0 Å². The third kappa shape index (κ3) is 3.79. The van der Waals surface area contributed by atoms with Crippen LogP contribution in [0.25, 0.3) is 0 Å². The van der Waals surface area contributed by atoms with Gasteiger partial charge in [-0.25, -0.2) is 0 Å². The van der Waals surface area contributed by atoms with Gasteiger partial charge in [0.15, 0.2) is 11.5 Å². The Labute approximate surface area is 128 Å². The van der Waals surface area contributed by atoms with Crippen molar-refractivity contribution >= 4 is 5.91 Å². The number of benzene rings is 1. The molecule has 0 aliphatic rings. The summed E-state index contributed by atoms with van der Waals surface area (Å²) in [6, 6.07) is 6.64. The highest BCUT2D eigenvalue weighted by molar-refractivity contribution is 5.94. The number of hydrogen-bond acceptors (Lipinski definition) is 5. The molecule has 0 saturated carbocycles. The standard InChI is InChI=1S/C16H19NO5/c1-20-14-4-3-11(9-15(14)21-2)16(19)17-7-5-13(18)12-6-8-22-10-12/h3-4,6,8-10,13,18H,5,7H2,1-2H3,(H,17,19). The SMILES string of the molecule is COc1ccc(C(=O)NCCC(O)c2ccoc2)cc1OC. The molecule has 2 rings (SSSR count). The first-order valence-corrected chi connectivity index (χ1v) is 6.86. The van der Waals surface area contributed by atoms with Crippen molar-refractivity contribution in [2.24, 2.45) is 0 Å². The van der Waals surface area contributed by atoms with E-state index in [4.69, 9.17) is 13.9 Å². The van der Waals surface area contributed by atoms with Crippen molar-refractivity contribution in [3.63, 3.8) is 0 Å². The lowest BCUT2D eigenvalue weighted by Gasteiger charge is -2.11. The molecule has 1 atom stereocenters. The molecule has 22 heavy (non-hydrogen) atoms. The van der Waals surface area contributed by atoms with Gasteiger partial charge in [0.2, 0.25) is 0 Å². The predicted octanol–water partition coefficient (Wildman–Crippen LogP) is 2.15. The molecule has 2 aromatic rings. The molecule has 118 valence electrons. The van der Waals surface area contributed by atoms with Crippen molar-refractivity contribution in [2.45, 2.75) is 12.5 Å². The molecule has 1 unspecified atom stereocenters. The Morgan fingerprint density at radius 2 is 2.05 bits per heavy atom. The first-order valence-electron chi connectivity index (χ1n) is 6.86. The number of carbonyl (C=O) groups is 1. The van der Waals surface area contributed by atoms with Gasteiger partial charge in [-0.2, -0.15) is 0 Å². The monoisotopic (exact) mass is 305 g/mol. The molecule has 2 N–H and O–H groups in total. The van der Waals surface area contributed by atoms with Crippen LogP contribution in [0.3, 0.4) is 0 Å². The summed E-state index contributed by atoms with van der Waals surface area (Å²) < 4.78 is 15.2. The molecule has 6 nitrogen and oxygen atoms in total. The van der Waals surface area contributed by atoms with E-state index in [-0.39, 0.29) is 5.91 Å². The number of carbonyl (C=O) groups excluding carboxylic acids is 1. The molecule has 0 aliphatic carbocycles. The average Bonchev–Trinajstić information content (AvgIpc) is 3.08. The molecule has 1 aromatic heterocycles. The molecule has 1 amide bonds. The van der Waals surface area contributed by atoms with Crippen molar-refractivity contribution < 1.29 is 23.8 Å². The van der Waals surface area contributed by atoms with E-state index in [1.54, 1.807) is 24.3 Å². The number of hydrogen-bond donors (Lipinski definition) is 2. The fourth-order valence-corrected chi connectivity index (χ4v) is 2.03. The number of aliphatic hydroxyl groups is 1. The minimum absolute atomic E-state index is 0.236. The number of nitrogens with one attached hydrogen (secondary N) is 1. The summed E-state index contributed by atoms with van der Waals surface area (Å²) in [6.45, 7) is 0.347. The van der Waals surface area contributed by atoms with Gasteiger partial charge in [-0.05, 0) is 30.7 Å². The molecular formula is C16H19NO5. The molecule has 0 spiro atoms. The van der Waals surface area contributed by atoms with Crippen LogP contribution in [0.4, 0.5) is 0 Å². The van der Waals surface area contributed by atoms with Crippen LogP contribution in [0, 0.1) is 0 Å². The summed E-state index contributed by atoms with van der Waals surface area (Å²) in [7, 11) is 3.05. The number of furan rings is 1. The minimum atomic E-state index is -0.663. The van der Waals surface area contributed by atoms with Crippen LogP contribution in [0.2, 0.25) is 0 Å².